The SMILES string of the molecule is C[C@@H]1CCCN(C[C@@H](O)c2ccc3c(c2)C[C@@H](C)N3C(=O)C2CC2)C1. The lowest BCUT2D eigenvalue weighted by Crippen LogP contribution is -2.37. The van der Waals surface area contributed by atoms with Gasteiger partial charge in [0.05, 0.1) is 6.10 Å². The van der Waals surface area contributed by atoms with Crippen molar-refractivity contribution in [1.29, 1.82) is 0 Å². The van der Waals surface area contributed by atoms with Gasteiger partial charge in [0.2, 0.25) is 5.91 Å². The van der Waals surface area contributed by atoms with Gasteiger partial charge in [0.15, 0.2) is 0 Å². The third kappa shape index (κ3) is 3.47. The summed E-state index contributed by atoms with van der Waals surface area (Å²) in [6, 6.07) is 6.43. The van der Waals surface area contributed by atoms with Crippen molar-refractivity contribution in [2.75, 3.05) is 24.5 Å². The van der Waals surface area contributed by atoms with Gasteiger partial charge in [-0.15, -0.1) is 0 Å². The number of carbonyl (C=O) groups excluding carboxylic acids is 1. The molecule has 1 aromatic rings. The van der Waals surface area contributed by atoms with Crippen LogP contribution in [0.1, 0.15) is 56.8 Å². The minimum Gasteiger partial charge on any atom is -0.387 e. The molecule has 3 aliphatic rings. The number of aliphatic hydroxyl groups is 1. The summed E-state index contributed by atoms with van der Waals surface area (Å²) >= 11 is 0. The number of β-amino-alcohol motifs (C(OH)–C–C–N with tert-alkyl or cyclic N) is 1. The topological polar surface area (TPSA) is 43.8 Å². The summed E-state index contributed by atoms with van der Waals surface area (Å²) in [6.45, 7) is 7.31. The van der Waals surface area contributed by atoms with Crippen LogP contribution in [0, 0.1) is 11.8 Å². The summed E-state index contributed by atoms with van der Waals surface area (Å²) in [5.74, 6) is 1.27. The van der Waals surface area contributed by atoms with Crippen LogP contribution in [0.15, 0.2) is 18.2 Å². The van der Waals surface area contributed by atoms with Crippen LogP contribution in [0.4, 0.5) is 5.69 Å². The first-order valence-electron chi connectivity index (χ1n) is 9.89. The smallest absolute Gasteiger partial charge is 0.230 e. The fourth-order valence-corrected chi connectivity index (χ4v) is 4.52. The maximum atomic E-state index is 12.6. The van der Waals surface area contributed by atoms with Crippen LogP contribution in [0.5, 0.6) is 0 Å². The van der Waals surface area contributed by atoms with Crippen molar-refractivity contribution < 1.29 is 9.90 Å². The zero-order valence-electron chi connectivity index (χ0n) is 15.4. The van der Waals surface area contributed by atoms with E-state index in [0.717, 1.165) is 49.5 Å². The highest BCUT2D eigenvalue weighted by Crippen LogP contribution is 2.39. The first kappa shape index (κ1) is 17.0. The summed E-state index contributed by atoms with van der Waals surface area (Å²) in [5.41, 5.74) is 3.27. The largest absolute Gasteiger partial charge is 0.387 e. The highest BCUT2D eigenvalue weighted by Gasteiger charge is 2.39. The van der Waals surface area contributed by atoms with Crippen LogP contribution in [0.25, 0.3) is 0 Å². The van der Waals surface area contributed by atoms with E-state index >= 15 is 0 Å². The predicted octanol–water partition coefficient (Wildman–Crippen LogP) is 3.14. The molecule has 4 heteroatoms. The third-order valence-corrected chi connectivity index (χ3v) is 6.04. The minimum absolute atomic E-state index is 0.235. The number of nitrogens with zero attached hydrogens (tertiary/aromatic N) is 2. The number of carbonyl (C=O) groups is 1. The average Bonchev–Trinajstić information content (AvgIpc) is 3.36. The molecule has 1 aromatic carbocycles. The number of fused-ring (bicyclic) bond motifs is 1. The molecule has 1 saturated carbocycles. The van der Waals surface area contributed by atoms with Gasteiger partial charge in [-0.05, 0) is 68.7 Å². The molecular weight excluding hydrogens is 312 g/mol. The minimum atomic E-state index is -0.445. The quantitative estimate of drug-likeness (QED) is 0.914. The van der Waals surface area contributed by atoms with Gasteiger partial charge in [-0.2, -0.15) is 0 Å². The molecular formula is C21H30N2O2. The van der Waals surface area contributed by atoms with E-state index < -0.39 is 6.10 Å². The summed E-state index contributed by atoms with van der Waals surface area (Å²) < 4.78 is 0. The predicted molar refractivity (Wildman–Crippen MR) is 99.6 cm³/mol. The van der Waals surface area contributed by atoms with E-state index in [2.05, 4.69) is 30.9 Å². The van der Waals surface area contributed by atoms with Gasteiger partial charge < -0.3 is 14.9 Å². The first-order chi connectivity index (χ1) is 12.0. The summed E-state index contributed by atoms with van der Waals surface area (Å²) in [4.78, 5) is 16.9. The maximum Gasteiger partial charge on any atom is 0.230 e. The number of piperidine rings is 1. The summed E-state index contributed by atoms with van der Waals surface area (Å²) in [5, 5.41) is 10.7. The molecule has 1 N–H and O–H groups in total. The van der Waals surface area contributed by atoms with Crippen LogP contribution < -0.4 is 4.90 Å². The van der Waals surface area contributed by atoms with Crippen molar-refractivity contribution in [3.05, 3.63) is 29.3 Å². The molecule has 4 rings (SSSR count). The molecule has 1 aliphatic carbocycles. The van der Waals surface area contributed by atoms with Gasteiger partial charge >= 0.3 is 0 Å². The Kier molecular flexibility index (Phi) is 4.59. The van der Waals surface area contributed by atoms with Crippen LogP contribution in [0.3, 0.4) is 0 Å². The van der Waals surface area contributed by atoms with E-state index in [4.69, 9.17) is 0 Å². The molecule has 0 radical (unpaired) electrons. The van der Waals surface area contributed by atoms with Crippen molar-refractivity contribution >= 4 is 11.6 Å². The number of amides is 1. The number of likely N-dealkylation sites (tertiary alicyclic amines) is 1. The maximum absolute atomic E-state index is 12.6. The lowest BCUT2D eigenvalue weighted by Gasteiger charge is -2.32. The second kappa shape index (κ2) is 6.73. The summed E-state index contributed by atoms with van der Waals surface area (Å²) in [6.07, 6.45) is 5.07. The number of hydrogen-bond acceptors (Lipinski definition) is 3. The monoisotopic (exact) mass is 342 g/mol. The Labute approximate surface area is 150 Å². The van der Waals surface area contributed by atoms with Gasteiger partial charge in [0.1, 0.15) is 0 Å². The lowest BCUT2D eigenvalue weighted by molar-refractivity contribution is -0.120. The molecule has 0 aromatic heterocycles. The Morgan fingerprint density at radius 1 is 1.28 bits per heavy atom. The molecule has 0 spiro atoms. The van der Waals surface area contributed by atoms with Gasteiger partial charge in [-0.3, -0.25) is 4.79 Å². The second-order valence-corrected chi connectivity index (χ2v) is 8.45. The van der Waals surface area contributed by atoms with E-state index in [1.54, 1.807) is 0 Å². The van der Waals surface area contributed by atoms with Gasteiger partial charge in [-0.1, -0.05) is 19.1 Å². The van der Waals surface area contributed by atoms with Gasteiger partial charge in [-0.25, -0.2) is 0 Å². The van der Waals surface area contributed by atoms with Crippen molar-refractivity contribution in [3.63, 3.8) is 0 Å². The fraction of sp³-hybridized carbons (Fsp3) is 0.667. The van der Waals surface area contributed by atoms with Gasteiger partial charge in [0.25, 0.3) is 0 Å². The zero-order chi connectivity index (χ0) is 17.6. The number of anilines is 1. The fourth-order valence-electron chi connectivity index (χ4n) is 4.52. The van der Waals surface area contributed by atoms with Gasteiger partial charge in [0, 0.05) is 30.7 Å². The molecule has 2 heterocycles. The zero-order valence-corrected chi connectivity index (χ0v) is 15.4. The van der Waals surface area contributed by atoms with Crippen molar-refractivity contribution in [1.82, 2.24) is 4.90 Å². The van der Waals surface area contributed by atoms with Crippen molar-refractivity contribution in [3.8, 4) is 0 Å². The van der Waals surface area contributed by atoms with Crippen LogP contribution in [0.2, 0.25) is 0 Å². The Morgan fingerprint density at radius 3 is 2.80 bits per heavy atom. The second-order valence-electron chi connectivity index (χ2n) is 8.45. The molecule has 1 amide bonds. The lowest BCUT2D eigenvalue weighted by atomic mass is 9.98. The number of aliphatic hydroxyl groups excluding tert-OH is 1. The van der Waals surface area contributed by atoms with E-state index in [0.29, 0.717) is 12.5 Å². The number of hydrogen-bond donors (Lipinski definition) is 1. The van der Waals surface area contributed by atoms with Crippen LogP contribution in [-0.4, -0.2) is 41.6 Å². The number of rotatable bonds is 4. The Hall–Kier alpha value is -1.39. The van der Waals surface area contributed by atoms with Crippen LogP contribution >= 0.6 is 0 Å². The van der Waals surface area contributed by atoms with E-state index in [-0.39, 0.29) is 12.0 Å². The molecule has 136 valence electrons. The molecule has 2 fully saturated rings. The Bertz CT molecular complexity index is 655. The normalized spacial score (nSPS) is 28.0. The first-order valence-corrected chi connectivity index (χ1v) is 9.89. The van der Waals surface area contributed by atoms with Crippen molar-refractivity contribution in [2.24, 2.45) is 11.8 Å². The standard InChI is InChI=1S/C21H30N2O2/c1-14-4-3-9-22(12-14)13-20(24)17-7-8-19-18(11-17)10-15(2)23(19)21(25)16-5-6-16/h7-8,11,14-16,20,24H,3-6,9-10,12-13H2,1-2H3/t14-,15-,20-/m1/s1. The number of benzene rings is 1. The molecule has 4 nitrogen and oxygen atoms in total. The van der Waals surface area contributed by atoms with E-state index in [1.165, 1.54) is 18.4 Å². The third-order valence-electron chi connectivity index (χ3n) is 6.04. The summed E-state index contributed by atoms with van der Waals surface area (Å²) in [7, 11) is 0. The molecule has 2 aliphatic heterocycles. The van der Waals surface area contributed by atoms with E-state index in [9.17, 15) is 9.90 Å². The highest BCUT2D eigenvalue weighted by atomic mass is 16.3. The molecule has 0 bridgehead atoms. The molecule has 25 heavy (non-hydrogen) atoms. The Balaban J connectivity index is 1.47. The average molecular weight is 342 g/mol. The highest BCUT2D eigenvalue weighted by molar-refractivity contribution is 5.98. The van der Waals surface area contributed by atoms with Crippen LogP contribution in [-0.2, 0) is 11.2 Å². The van der Waals surface area contributed by atoms with E-state index in [1.807, 2.05) is 11.0 Å². The molecule has 0 unspecified atom stereocenters. The Morgan fingerprint density at radius 2 is 2.08 bits per heavy atom. The van der Waals surface area contributed by atoms with Crippen molar-refractivity contribution in [2.45, 2.75) is 58.1 Å². The molecule has 1 saturated heterocycles. The molecule has 3 atom stereocenters.